The minimum Gasteiger partial charge on any atom is -0.475 e. The summed E-state index contributed by atoms with van der Waals surface area (Å²) in [6.45, 7) is 0.793. The lowest BCUT2D eigenvalue weighted by Gasteiger charge is -2.16. The first-order chi connectivity index (χ1) is 17.8. The molecule has 0 spiro atoms. The molecule has 1 aliphatic rings. The van der Waals surface area contributed by atoms with E-state index < -0.39 is 28.2 Å². The van der Waals surface area contributed by atoms with Crippen LogP contribution in [0.15, 0.2) is 40.2 Å². The summed E-state index contributed by atoms with van der Waals surface area (Å²) in [5, 5.41) is 10.4. The van der Waals surface area contributed by atoms with E-state index in [0.29, 0.717) is 30.4 Å². The Hall–Kier alpha value is -3.05. The normalized spacial score (nSPS) is 16.2. The second-order valence-corrected chi connectivity index (χ2v) is 12.3. The van der Waals surface area contributed by atoms with Gasteiger partial charge in [-0.25, -0.2) is 23.2 Å². The molecule has 1 saturated heterocycles. The Kier molecular flexibility index (Phi) is 7.81. The molecule has 0 bridgehead atoms. The van der Waals surface area contributed by atoms with Crippen molar-refractivity contribution in [3.05, 3.63) is 46.6 Å². The average Bonchev–Trinajstić information content (AvgIpc) is 3.53. The lowest BCUT2D eigenvalue weighted by atomic mass is 10.2. The van der Waals surface area contributed by atoms with Gasteiger partial charge in [0.15, 0.2) is 0 Å². The molecular formula is C21H17ClF3N5O5S3. The molecule has 4 heterocycles. The molecule has 0 saturated carbocycles. The van der Waals surface area contributed by atoms with Crippen molar-refractivity contribution in [1.82, 2.24) is 19.6 Å². The number of hydrogen-bond acceptors (Lipinski definition) is 9. The number of nitrogens with one attached hydrogen (secondary N) is 1. The molecule has 17 heteroatoms. The molecule has 3 aromatic heterocycles. The van der Waals surface area contributed by atoms with Crippen molar-refractivity contribution in [3.8, 4) is 0 Å². The van der Waals surface area contributed by atoms with E-state index in [-0.39, 0.29) is 10.1 Å². The fourth-order valence-corrected chi connectivity index (χ4v) is 7.43. The van der Waals surface area contributed by atoms with Gasteiger partial charge in [0.2, 0.25) is 5.91 Å². The molecule has 0 aliphatic carbocycles. The topological polar surface area (TPSA) is 156 Å². The van der Waals surface area contributed by atoms with Crippen LogP contribution in [0.5, 0.6) is 0 Å². The average molecular weight is 608 g/mol. The number of carboxylic acids is 1. The largest absolute Gasteiger partial charge is 0.490 e. The molecule has 38 heavy (non-hydrogen) atoms. The number of fused-ring (bicyclic) bond motifs is 2. The number of nitrogens with zero attached hydrogens (tertiary/aromatic N) is 3. The van der Waals surface area contributed by atoms with E-state index in [4.69, 9.17) is 27.2 Å². The summed E-state index contributed by atoms with van der Waals surface area (Å²) in [6, 6.07) is 6.01. The molecule has 202 valence electrons. The molecule has 10 nitrogen and oxygen atoms in total. The van der Waals surface area contributed by atoms with Crippen molar-refractivity contribution in [2.45, 2.75) is 29.4 Å². The molecule has 4 aromatic rings. The van der Waals surface area contributed by atoms with Gasteiger partial charge in [0.05, 0.1) is 10.2 Å². The van der Waals surface area contributed by atoms with Gasteiger partial charge in [-0.3, -0.25) is 4.79 Å². The van der Waals surface area contributed by atoms with Gasteiger partial charge in [-0.15, -0.1) is 22.7 Å². The van der Waals surface area contributed by atoms with Gasteiger partial charge < -0.3 is 15.7 Å². The van der Waals surface area contributed by atoms with E-state index in [0.717, 1.165) is 37.2 Å². The summed E-state index contributed by atoms with van der Waals surface area (Å²) in [4.78, 5) is 31.7. The number of sulfonamides is 1. The van der Waals surface area contributed by atoms with Crippen LogP contribution in [0.2, 0.25) is 5.02 Å². The number of anilines is 1. The first-order valence-electron chi connectivity index (χ1n) is 10.5. The standard InChI is InChI=1S/C19H16ClN5O3S3.C2HF3O2/c20-12-2-1-10-5-15(30-14(10)6-12)31(27,28)24-13-3-4-25(19(13)26)7-11-8-29-17-16(11)22-9-23-18(17)21;3-2(4,5)1(6)7/h1-2,5-6,8-9,13,24H,3-4,7H2,(H2,21,22,23);(H,6,7)/t13-;/m0./s1. The number of carbonyl (C=O) groups is 2. The van der Waals surface area contributed by atoms with Crippen LogP contribution in [0.4, 0.5) is 19.0 Å². The Morgan fingerprint density at radius 3 is 2.68 bits per heavy atom. The van der Waals surface area contributed by atoms with E-state index in [1.165, 1.54) is 17.7 Å². The quantitative estimate of drug-likeness (QED) is 0.309. The van der Waals surface area contributed by atoms with Crippen LogP contribution in [0, 0.1) is 0 Å². The molecule has 0 radical (unpaired) electrons. The third-order valence-corrected chi connectivity index (χ3v) is 9.70. The van der Waals surface area contributed by atoms with E-state index in [1.54, 1.807) is 29.2 Å². The van der Waals surface area contributed by atoms with Gasteiger partial charge in [-0.05, 0) is 35.4 Å². The van der Waals surface area contributed by atoms with E-state index in [9.17, 15) is 26.4 Å². The van der Waals surface area contributed by atoms with Crippen molar-refractivity contribution in [2.24, 2.45) is 0 Å². The van der Waals surface area contributed by atoms with E-state index in [1.807, 2.05) is 5.38 Å². The Bertz CT molecular complexity index is 1640. The number of nitrogen functional groups attached to an aromatic ring is 1. The number of thiophene rings is 2. The number of halogens is 4. The predicted octanol–water partition coefficient (Wildman–Crippen LogP) is 3.85. The summed E-state index contributed by atoms with van der Waals surface area (Å²) in [5.74, 6) is -2.61. The summed E-state index contributed by atoms with van der Waals surface area (Å²) < 4.78 is 61.8. The number of carboxylic acid groups (broad SMARTS) is 1. The first kappa shape index (κ1) is 28.0. The van der Waals surface area contributed by atoms with Crippen molar-refractivity contribution < 1.29 is 36.3 Å². The Balaban J connectivity index is 0.000000426. The number of amides is 1. The molecule has 1 fully saturated rings. The number of likely N-dealkylation sites (tertiary alicyclic amines) is 1. The molecular weight excluding hydrogens is 591 g/mol. The van der Waals surface area contributed by atoms with Gasteiger partial charge in [-0.1, -0.05) is 17.7 Å². The number of rotatable bonds is 5. The molecule has 1 aromatic carbocycles. The number of nitrogens with two attached hydrogens (primary N) is 1. The minimum atomic E-state index is -5.08. The fraction of sp³-hybridized carbons (Fsp3) is 0.238. The Labute approximate surface area is 225 Å². The SMILES string of the molecule is Nc1ncnc2c(CN3CC[C@H](NS(=O)(=O)c4cc5ccc(Cl)cc5s4)C3=O)csc12.O=C(O)C(F)(F)F. The van der Waals surface area contributed by atoms with Gasteiger partial charge in [0.1, 0.15) is 22.4 Å². The van der Waals surface area contributed by atoms with Gasteiger partial charge >= 0.3 is 12.1 Å². The number of alkyl halides is 3. The van der Waals surface area contributed by atoms with Crippen molar-refractivity contribution in [2.75, 3.05) is 12.3 Å². The number of aromatic nitrogens is 2. The maximum absolute atomic E-state index is 12.9. The fourth-order valence-electron chi connectivity index (χ4n) is 3.60. The molecule has 4 N–H and O–H groups in total. The molecule has 5 rings (SSSR count). The zero-order valence-corrected chi connectivity index (χ0v) is 22.1. The van der Waals surface area contributed by atoms with E-state index in [2.05, 4.69) is 14.7 Å². The third kappa shape index (κ3) is 5.99. The minimum absolute atomic E-state index is 0.159. The summed E-state index contributed by atoms with van der Waals surface area (Å²) in [5.41, 5.74) is 7.47. The molecule has 0 unspecified atom stereocenters. The lowest BCUT2D eigenvalue weighted by Crippen LogP contribution is -2.41. The zero-order valence-electron chi connectivity index (χ0n) is 18.9. The maximum Gasteiger partial charge on any atom is 0.490 e. The summed E-state index contributed by atoms with van der Waals surface area (Å²) in [7, 11) is -3.83. The van der Waals surface area contributed by atoms with Gasteiger partial charge in [0.25, 0.3) is 10.0 Å². The summed E-state index contributed by atoms with van der Waals surface area (Å²) in [6.07, 6.45) is -3.29. The second-order valence-electron chi connectivity index (χ2n) is 7.97. The number of benzene rings is 1. The molecule has 1 amide bonds. The van der Waals surface area contributed by atoms with E-state index >= 15 is 0 Å². The van der Waals surface area contributed by atoms with Crippen LogP contribution in [-0.2, 0) is 26.2 Å². The highest BCUT2D eigenvalue weighted by Crippen LogP contribution is 2.32. The van der Waals surface area contributed by atoms with Crippen molar-refractivity contribution in [1.29, 1.82) is 0 Å². The lowest BCUT2D eigenvalue weighted by molar-refractivity contribution is -0.192. The second kappa shape index (κ2) is 10.6. The van der Waals surface area contributed by atoms with Crippen LogP contribution in [0.1, 0.15) is 12.0 Å². The highest BCUT2D eigenvalue weighted by Gasteiger charge is 2.38. The third-order valence-electron chi connectivity index (χ3n) is 5.38. The van der Waals surface area contributed by atoms with Gasteiger partial charge in [-0.2, -0.15) is 17.9 Å². The number of hydrogen-bond donors (Lipinski definition) is 3. The van der Waals surface area contributed by atoms with Crippen LogP contribution >= 0.6 is 34.3 Å². The highest BCUT2D eigenvalue weighted by atomic mass is 35.5. The molecule has 1 aliphatic heterocycles. The number of carbonyl (C=O) groups excluding carboxylic acids is 1. The Morgan fingerprint density at radius 2 is 2.00 bits per heavy atom. The van der Waals surface area contributed by atoms with Crippen LogP contribution < -0.4 is 10.5 Å². The first-order valence-corrected chi connectivity index (χ1v) is 14.1. The van der Waals surface area contributed by atoms with Gasteiger partial charge in [0, 0.05) is 28.4 Å². The summed E-state index contributed by atoms with van der Waals surface area (Å²) >= 11 is 8.55. The maximum atomic E-state index is 12.9. The van der Waals surface area contributed by atoms with Crippen LogP contribution in [0.3, 0.4) is 0 Å². The zero-order chi connectivity index (χ0) is 27.8. The monoisotopic (exact) mass is 607 g/mol. The van der Waals surface area contributed by atoms with Crippen molar-refractivity contribution in [3.63, 3.8) is 0 Å². The Morgan fingerprint density at radius 1 is 1.29 bits per heavy atom. The van der Waals surface area contributed by atoms with Crippen LogP contribution in [-0.4, -0.2) is 59.0 Å². The highest BCUT2D eigenvalue weighted by molar-refractivity contribution is 7.91. The molecule has 1 atom stereocenters. The smallest absolute Gasteiger partial charge is 0.475 e. The predicted molar refractivity (Wildman–Crippen MR) is 136 cm³/mol. The number of aliphatic carboxylic acids is 1. The van der Waals surface area contributed by atoms with Crippen molar-refractivity contribution >= 4 is 82.3 Å². The van der Waals surface area contributed by atoms with Crippen LogP contribution in [0.25, 0.3) is 20.3 Å².